The lowest BCUT2D eigenvalue weighted by atomic mass is 10.2. The standard InChI is InChI=1S/C11H26O3Si/c1-5-6-7-8-9-13-15(3,4)14-11-10-12-2/h5-11H2,1-4H3. The first-order valence-electron chi connectivity index (χ1n) is 5.89. The van der Waals surface area contributed by atoms with Crippen LogP contribution in [-0.4, -0.2) is 35.5 Å². The Bertz CT molecular complexity index is 140. The van der Waals surface area contributed by atoms with Crippen molar-refractivity contribution in [2.75, 3.05) is 26.9 Å². The fourth-order valence-corrected chi connectivity index (χ4v) is 2.55. The summed E-state index contributed by atoms with van der Waals surface area (Å²) in [6.45, 7) is 8.52. The Labute approximate surface area is 95.4 Å². The van der Waals surface area contributed by atoms with Gasteiger partial charge in [-0.05, 0) is 19.5 Å². The Morgan fingerprint density at radius 2 is 1.53 bits per heavy atom. The Morgan fingerprint density at radius 1 is 0.867 bits per heavy atom. The molecule has 0 bridgehead atoms. The van der Waals surface area contributed by atoms with Gasteiger partial charge in [0.05, 0.1) is 13.2 Å². The summed E-state index contributed by atoms with van der Waals surface area (Å²) < 4.78 is 16.4. The molecular formula is C11H26O3Si. The number of ether oxygens (including phenoxy) is 1. The maximum Gasteiger partial charge on any atom is 0.331 e. The van der Waals surface area contributed by atoms with Crippen molar-refractivity contribution < 1.29 is 13.6 Å². The van der Waals surface area contributed by atoms with Crippen LogP contribution in [0, 0.1) is 0 Å². The van der Waals surface area contributed by atoms with Crippen LogP contribution in [0.1, 0.15) is 32.6 Å². The van der Waals surface area contributed by atoms with Crippen molar-refractivity contribution in [3.05, 3.63) is 0 Å². The molecule has 0 radical (unpaired) electrons. The van der Waals surface area contributed by atoms with Gasteiger partial charge in [-0.3, -0.25) is 0 Å². The third kappa shape index (κ3) is 10.4. The monoisotopic (exact) mass is 234 g/mol. The highest BCUT2D eigenvalue weighted by Gasteiger charge is 2.23. The molecule has 0 rings (SSSR count). The van der Waals surface area contributed by atoms with Gasteiger partial charge < -0.3 is 13.6 Å². The summed E-state index contributed by atoms with van der Waals surface area (Å²) in [5.74, 6) is 0. The van der Waals surface area contributed by atoms with E-state index in [0.717, 1.165) is 13.0 Å². The summed E-state index contributed by atoms with van der Waals surface area (Å²) in [5.41, 5.74) is 0. The molecule has 3 nitrogen and oxygen atoms in total. The zero-order valence-corrected chi connectivity index (χ0v) is 11.7. The highest BCUT2D eigenvalue weighted by Crippen LogP contribution is 2.08. The molecular weight excluding hydrogens is 208 g/mol. The van der Waals surface area contributed by atoms with E-state index >= 15 is 0 Å². The van der Waals surface area contributed by atoms with Gasteiger partial charge in [0.15, 0.2) is 0 Å². The van der Waals surface area contributed by atoms with Crippen molar-refractivity contribution in [1.29, 1.82) is 0 Å². The van der Waals surface area contributed by atoms with E-state index in [2.05, 4.69) is 20.0 Å². The van der Waals surface area contributed by atoms with Crippen LogP contribution >= 0.6 is 0 Å². The van der Waals surface area contributed by atoms with Gasteiger partial charge in [-0.15, -0.1) is 0 Å². The molecule has 0 saturated heterocycles. The van der Waals surface area contributed by atoms with Gasteiger partial charge in [0.2, 0.25) is 0 Å². The predicted octanol–water partition coefficient (Wildman–Crippen LogP) is 2.95. The van der Waals surface area contributed by atoms with Crippen LogP contribution in [0.2, 0.25) is 13.1 Å². The number of hydrogen-bond acceptors (Lipinski definition) is 3. The van der Waals surface area contributed by atoms with Crippen LogP contribution in [-0.2, 0) is 13.6 Å². The molecule has 0 fully saturated rings. The molecule has 0 N–H and O–H groups in total. The highest BCUT2D eigenvalue weighted by atomic mass is 28.4. The van der Waals surface area contributed by atoms with Gasteiger partial charge >= 0.3 is 8.56 Å². The van der Waals surface area contributed by atoms with Crippen molar-refractivity contribution in [2.24, 2.45) is 0 Å². The SMILES string of the molecule is CCCCCCO[Si](C)(C)OCCOC. The summed E-state index contributed by atoms with van der Waals surface area (Å²) >= 11 is 0. The van der Waals surface area contributed by atoms with E-state index in [1.165, 1.54) is 19.3 Å². The van der Waals surface area contributed by atoms with Gasteiger partial charge in [0.1, 0.15) is 0 Å². The minimum absolute atomic E-state index is 0.644. The predicted molar refractivity (Wildman–Crippen MR) is 65.4 cm³/mol. The summed E-state index contributed by atoms with van der Waals surface area (Å²) in [6, 6.07) is 0. The van der Waals surface area contributed by atoms with Crippen LogP contribution in [0.3, 0.4) is 0 Å². The van der Waals surface area contributed by atoms with E-state index in [4.69, 9.17) is 13.6 Å². The summed E-state index contributed by atoms with van der Waals surface area (Å²) in [6.07, 6.45) is 4.98. The van der Waals surface area contributed by atoms with Crippen LogP contribution in [0.4, 0.5) is 0 Å². The molecule has 0 aromatic carbocycles. The maximum absolute atomic E-state index is 5.78. The molecule has 0 unspecified atom stereocenters. The summed E-state index contributed by atoms with van der Waals surface area (Å²) in [7, 11) is -0.197. The Balaban J connectivity index is 3.38. The van der Waals surface area contributed by atoms with Gasteiger partial charge in [0, 0.05) is 13.7 Å². The van der Waals surface area contributed by atoms with E-state index in [0.29, 0.717) is 13.2 Å². The molecule has 0 aromatic rings. The lowest BCUT2D eigenvalue weighted by Gasteiger charge is -2.22. The van der Waals surface area contributed by atoms with Gasteiger partial charge in [-0.1, -0.05) is 26.2 Å². The second kappa shape index (κ2) is 9.33. The normalized spacial score (nSPS) is 12.0. The molecule has 92 valence electrons. The minimum atomic E-state index is -1.88. The Hall–Kier alpha value is 0.0969. The molecule has 0 saturated carbocycles. The molecule has 0 aliphatic heterocycles. The third-order valence-electron chi connectivity index (χ3n) is 2.18. The molecule has 0 heterocycles. The van der Waals surface area contributed by atoms with Crippen LogP contribution in [0.5, 0.6) is 0 Å². The van der Waals surface area contributed by atoms with E-state index < -0.39 is 8.56 Å². The topological polar surface area (TPSA) is 27.7 Å². The largest absolute Gasteiger partial charge is 0.395 e. The average molecular weight is 234 g/mol. The lowest BCUT2D eigenvalue weighted by molar-refractivity contribution is 0.112. The molecule has 0 spiro atoms. The first kappa shape index (κ1) is 15.1. The van der Waals surface area contributed by atoms with Crippen LogP contribution in [0.15, 0.2) is 0 Å². The molecule has 0 amide bonds. The molecule has 15 heavy (non-hydrogen) atoms. The lowest BCUT2D eigenvalue weighted by Crippen LogP contribution is -2.36. The van der Waals surface area contributed by atoms with Crippen LogP contribution in [0.25, 0.3) is 0 Å². The zero-order chi connectivity index (χ0) is 11.6. The Morgan fingerprint density at radius 3 is 2.13 bits per heavy atom. The van der Waals surface area contributed by atoms with Gasteiger partial charge in [-0.2, -0.15) is 0 Å². The van der Waals surface area contributed by atoms with Crippen molar-refractivity contribution in [2.45, 2.75) is 45.7 Å². The van der Waals surface area contributed by atoms with Gasteiger partial charge in [-0.25, -0.2) is 0 Å². The molecule has 4 heteroatoms. The molecule has 0 atom stereocenters. The number of rotatable bonds is 10. The summed E-state index contributed by atoms with van der Waals surface area (Å²) in [5, 5.41) is 0. The number of hydrogen-bond donors (Lipinski definition) is 0. The fraction of sp³-hybridized carbons (Fsp3) is 1.00. The van der Waals surface area contributed by atoms with E-state index in [9.17, 15) is 0 Å². The molecule has 0 aliphatic carbocycles. The van der Waals surface area contributed by atoms with Crippen molar-refractivity contribution in [1.82, 2.24) is 0 Å². The van der Waals surface area contributed by atoms with Gasteiger partial charge in [0.25, 0.3) is 0 Å². The van der Waals surface area contributed by atoms with E-state index in [1.54, 1.807) is 7.11 Å². The second-order valence-electron chi connectivity index (χ2n) is 4.15. The first-order valence-corrected chi connectivity index (χ1v) is 8.71. The summed E-state index contributed by atoms with van der Waals surface area (Å²) in [4.78, 5) is 0. The molecule has 0 aromatic heterocycles. The number of unbranched alkanes of at least 4 members (excludes halogenated alkanes) is 3. The quantitative estimate of drug-likeness (QED) is 0.430. The van der Waals surface area contributed by atoms with E-state index in [-0.39, 0.29) is 0 Å². The second-order valence-corrected chi connectivity index (χ2v) is 7.53. The first-order chi connectivity index (χ1) is 7.12. The molecule has 0 aliphatic rings. The Kier molecular flexibility index (Phi) is 9.39. The maximum atomic E-state index is 5.78. The van der Waals surface area contributed by atoms with Crippen molar-refractivity contribution in [3.8, 4) is 0 Å². The third-order valence-corrected chi connectivity index (χ3v) is 3.98. The minimum Gasteiger partial charge on any atom is -0.395 e. The van der Waals surface area contributed by atoms with Crippen LogP contribution < -0.4 is 0 Å². The van der Waals surface area contributed by atoms with Crippen molar-refractivity contribution in [3.63, 3.8) is 0 Å². The average Bonchev–Trinajstić information content (AvgIpc) is 2.17. The smallest absolute Gasteiger partial charge is 0.331 e. The number of methoxy groups -OCH3 is 1. The van der Waals surface area contributed by atoms with Crippen molar-refractivity contribution >= 4 is 8.56 Å². The fourth-order valence-electron chi connectivity index (χ4n) is 1.26. The zero-order valence-electron chi connectivity index (χ0n) is 10.7. The van der Waals surface area contributed by atoms with E-state index in [1.807, 2.05) is 0 Å². The highest BCUT2D eigenvalue weighted by molar-refractivity contribution is 6.64.